The molecule has 10 heteroatoms. The number of hydrogen-bond acceptors (Lipinski definition) is 7. The van der Waals surface area contributed by atoms with Crippen LogP contribution in [0.2, 0.25) is 0 Å². The molecule has 3 aromatic carbocycles. The first kappa shape index (κ1) is 24.7. The smallest absolute Gasteiger partial charge is 0.408 e. The maximum atomic E-state index is 13.2. The summed E-state index contributed by atoms with van der Waals surface area (Å²) < 4.78 is 13.0. The van der Waals surface area contributed by atoms with Crippen molar-refractivity contribution in [2.24, 2.45) is 0 Å². The number of carbonyl (C=O) groups excluding carboxylic acids is 2. The maximum absolute atomic E-state index is 13.2. The van der Waals surface area contributed by atoms with E-state index in [1.165, 1.54) is 0 Å². The number of aromatic amines is 1. The van der Waals surface area contributed by atoms with Gasteiger partial charge in [0, 0.05) is 23.5 Å². The molecule has 0 aliphatic heterocycles. The van der Waals surface area contributed by atoms with E-state index >= 15 is 0 Å². The lowest BCUT2D eigenvalue weighted by atomic mass is 10.1. The molecule has 2 aromatic heterocycles. The Labute approximate surface area is 218 Å². The highest BCUT2D eigenvalue weighted by Crippen LogP contribution is 2.23. The van der Waals surface area contributed by atoms with Crippen molar-refractivity contribution in [2.75, 3.05) is 0 Å². The largest absolute Gasteiger partial charge is 0.459 e. The average Bonchev–Trinajstić information content (AvgIpc) is 3.60. The number of aromatic nitrogens is 5. The van der Waals surface area contributed by atoms with Gasteiger partial charge in [-0.25, -0.2) is 14.7 Å². The number of tetrazole rings is 1. The molecule has 10 nitrogen and oxygen atoms in total. The fourth-order valence-corrected chi connectivity index (χ4v) is 4.17. The van der Waals surface area contributed by atoms with E-state index in [2.05, 4.69) is 25.9 Å². The molecule has 1 atom stereocenters. The predicted octanol–water partition coefficient (Wildman–Crippen LogP) is 3.78. The van der Waals surface area contributed by atoms with Crippen molar-refractivity contribution in [3.05, 3.63) is 114 Å². The highest BCUT2D eigenvalue weighted by molar-refractivity contribution is 5.86. The van der Waals surface area contributed by atoms with E-state index in [1.54, 1.807) is 0 Å². The Morgan fingerprint density at radius 1 is 0.868 bits per heavy atom. The molecule has 0 aliphatic carbocycles. The van der Waals surface area contributed by atoms with Crippen molar-refractivity contribution in [3.8, 4) is 0 Å². The van der Waals surface area contributed by atoms with Crippen molar-refractivity contribution < 1.29 is 19.1 Å². The van der Waals surface area contributed by atoms with Gasteiger partial charge in [-0.3, -0.25) is 0 Å². The molecule has 5 rings (SSSR count). The van der Waals surface area contributed by atoms with E-state index in [-0.39, 0.29) is 19.6 Å². The number of hydrogen-bond donors (Lipinski definition) is 2. The van der Waals surface area contributed by atoms with Gasteiger partial charge < -0.3 is 19.4 Å². The van der Waals surface area contributed by atoms with Gasteiger partial charge in [-0.1, -0.05) is 78.9 Å². The van der Waals surface area contributed by atoms with Crippen LogP contribution in [0.25, 0.3) is 10.9 Å². The summed E-state index contributed by atoms with van der Waals surface area (Å²) in [7, 11) is 0. The van der Waals surface area contributed by atoms with Gasteiger partial charge in [0.25, 0.3) is 0 Å². The lowest BCUT2D eigenvalue weighted by molar-refractivity contribution is -0.147. The SMILES string of the molecule is O=C(N[C@@H](Cc1cn(Cc2nnn[nH]2)c2ccccc12)C(=O)OCc1ccccc1)OCc1ccccc1. The highest BCUT2D eigenvalue weighted by Gasteiger charge is 2.25. The molecule has 38 heavy (non-hydrogen) atoms. The van der Waals surface area contributed by atoms with Crippen LogP contribution in [0, 0.1) is 0 Å². The van der Waals surface area contributed by atoms with Crippen molar-refractivity contribution in [3.63, 3.8) is 0 Å². The van der Waals surface area contributed by atoms with Gasteiger partial charge in [-0.2, -0.15) is 0 Å². The molecule has 5 aromatic rings. The number of rotatable bonds is 10. The third-order valence-electron chi connectivity index (χ3n) is 6.02. The van der Waals surface area contributed by atoms with E-state index in [1.807, 2.05) is 95.7 Å². The summed E-state index contributed by atoms with van der Waals surface area (Å²) in [5.74, 6) is 0.0421. The fraction of sp³-hybridized carbons (Fsp3) is 0.179. The monoisotopic (exact) mass is 510 g/mol. The number of H-pyrrole nitrogens is 1. The molecule has 0 unspecified atom stereocenters. The molecule has 0 bridgehead atoms. The Hall–Kier alpha value is -4.99. The van der Waals surface area contributed by atoms with Crippen molar-refractivity contribution >= 4 is 23.0 Å². The van der Waals surface area contributed by atoms with E-state index in [0.29, 0.717) is 12.4 Å². The van der Waals surface area contributed by atoms with Crippen LogP contribution in [0.3, 0.4) is 0 Å². The number of benzene rings is 3. The second kappa shape index (κ2) is 11.8. The lowest BCUT2D eigenvalue weighted by Crippen LogP contribution is -2.43. The molecule has 0 fully saturated rings. The fourth-order valence-electron chi connectivity index (χ4n) is 4.17. The minimum atomic E-state index is -0.965. The molecule has 1 amide bonds. The van der Waals surface area contributed by atoms with Crippen LogP contribution in [-0.2, 0) is 40.4 Å². The van der Waals surface area contributed by atoms with Crippen LogP contribution in [0.1, 0.15) is 22.5 Å². The van der Waals surface area contributed by atoms with Gasteiger partial charge in [0.15, 0.2) is 5.82 Å². The minimum Gasteiger partial charge on any atom is -0.459 e. The standard InChI is InChI=1S/C28H26N6O4/c35-27(37-18-20-9-3-1-4-10-20)24(29-28(36)38-19-21-11-5-2-6-12-21)15-22-16-34(17-26-30-32-33-31-26)25-14-8-7-13-23(22)25/h1-14,16,24H,15,17-19H2,(H,29,36)(H,30,31,32,33)/t24-/m0/s1. The molecule has 0 aliphatic rings. The Bertz CT molecular complexity index is 1490. The number of fused-ring (bicyclic) bond motifs is 1. The molecule has 0 radical (unpaired) electrons. The summed E-state index contributed by atoms with van der Waals surface area (Å²) >= 11 is 0. The quantitative estimate of drug-likeness (QED) is 0.274. The van der Waals surface area contributed by atoms with Crippen LogP contribution in [-0.4, -0.2) is 43.3 Å². The molecule has 2 heterocycles. The van der Waals surface area contributed by atoms with E-state index in [9.17, 15) is 9.59 Å². The van der Waals surface area contributed by atoms with Crippen molar-refractivity contribution in [1.29, 1.82) is 0 Å². The van der Waals surface area contributed by atoms with Gasteiger partial charge in [-0.15, -0.1) is 5.10 Å². The third kappa shape index (κ3) is 6.22. The lowest BCUT2D eigenvalue weighted by Gasteiger charge is -2.18. The average molecular weight is 511 g/mol. The van der Waals surface area contributed by atoms with Crippen LogP contribution >= 0.6 is 0 Å². The molecular formula is C28H26N6O4. The van der Waals surface area contributed by atoms with Gasteiger partial charge in [0.1, 0.15) is 19.3 Å². The molecule has 0 saturated heterocycles. The summed E-state index contributed by atoms with van der Waals surface area (Å²) in [4.78, 5) is 25.9. The number of para-hydroxylation sites is 1. The Morgan fingerprint density at radius 3 is 2.21 bits per heavy atom. The molecule has 2 N–H and O–H groups in total. The van der Waals surface area contributed by atoms with Crippen LogP contribution in [0.4, 0.5) is 4.79 Å². The van der Waals surface area contributed by atoms with Gasteiger partial charge >= 0.3 is 12.1 Å². The highest BCUT2D eigenvalue weighted by atomic mass is 16.6. The van der Waals surface area contributed by atoms with E-state index in [4.69, 9.17) is 9.47 Å². The van der Waals surface area contributed by atoms with Crippen molar-refractivity contribution in [1.82, 2.24) is 30.5 Å². The normalized spacial score (nSPS) is 11.7. The van der Waals surface area contributed by atoms with Gasteiger partial charge in [-0.05, 0) is 33.2 Å². The second-order valence-corrected chi connectivity index (χ2v) is 8.70. The zero-order valence-electron chi connectivity index (χ0n) is 20.5. The molecule has 0 spiro atoms. The Kier molecular flexibility index (Phi) is 7.69. The van der Waals surface area contributed by atoms with Crippen LogP contribution < -0.4 is 5.32 Å². The van der Waals surface area contributed by atoms with Crippen molar-refractivity contribution in [2.45, 2.75) is 32.2 Å². The Balaban J connectivity index is 1.35. The molecular weight excluding hydrogens is 484 g/mol. The summed E-state index contributed by atoms with van der Waals surface area (Å²) in [6.45, 7) is 0.601. The van der Waals surface area contributed by atoms with Crippen LogP contribution in [0.5, 0.6) is 0 Å². The first-order valence-electron chi connectivity index (χ1n) is 12.1. The molecule has 192 valence electrons. The molecule has 0 saturated carbocycles. The van der Waals surface area contributed by atoms with E-state index in [0.717, 1.165) is 27.6 Å². The van der Waals surface area contributed by atoms with Crippen LogP contribution in [0.15, 0.2) is 91.1 Å². The summed E-state index contributed by atoms with van der Waals surface area (Å²) in [5, 5.41) is 17.7. The minimum absolute atomic E-state index is 0.0863. The third-order valence-corrected chi connectivity index (χ3v) is 6.02. The van der Waals surface area contributed by atoms with Gasteiger partial charge in [0.05, 0.1) is 6.54 Å². The zero-order chi connectivity index (χ0) is 26.2. The summed E-state index contributed by atoms with van der Waals surface area (Å²) in [6, 6.07) is 25.6. The number of nitrogens with one attached hydrogen (secondary N) is 2. The maximum Gasteiger partial charge on any atom is 0.408 e. The first-order chi connectivity index (χ1) is 18.7. The van der Waals surface area contributed by atoms with Gasteiger partial charge in [0.2, 0.25) is 0 Å². The zero-order valence-corrected chi connectivity index (χ0v) is 20.5. The number of alkyl carbamates (subject to hydrolysis) is 1. The topological polar surface area (TPSA) is 124 Å². The number of carbonyl (C=O) groups is 2. The van der Waals surface area contributed by atoms with E-state index < -0.39 is 18.1 Å². The first-order valence-corrected chi connectivity index (χ1v) is 12.1. The number of amides is 1. The second-order valence-electron chi connectivity index (χ2n) is 8.70. The number of ether oxygens (including phenoxy) is 2. The number of esters is 1. The summed E-state index contributed by atoms with van der Waals surface area (Å²) in [6.07, 6.45) is 1.43. The number of nitrogens with zero attached hydrogens (tertiary/aromatic N) is 4. The Morgan fingerprint density at radius 2 is 1.53 bits per heavy atom. The summed E-state index contributed by atoms with van der Waals surface area (Å²) in [5.41, 5.74) is 3.50. The predicted molar refractivity (Wildman–Crippen MR) is 139 cm³/mol.